The molecule has 0 heterocycles. The molecule has 0 aliphatic rings. The molecule has 0 aliphatic carbocycles. The Bertz CT molecular complexity index is 414. The van der Waals surface area contributed by atoms with Crippen LogP contribution in [0.2, 0.25) is 0 Å². The Kier molecular flexibility index (Phi) is 3.99. The molecule has 0 N–H and O–H groups in total. The zero-order valence-corrected chi connectivity index (χ0v) is 9.23. The van der Waals surface area contributed by atoms with Crippen molar-refractivity contribution in [2.24, 2.45) is 0 Å². The van der Waals surface area contributed by atoms with Crippen molar-refractivity contribution in [3.63, 3.8) is 0 Å². The molecule has 0 amide bonds. The Labute approximate surface area is 93.2 Å². The van der Waals surface area contributed by atoms with Gasteiger partial charge in [-0.1, -0.05) is 6.92 Å². The molecule has 0 radical (unpaired) electrons. The minimum atomic E-state index is -0.554. The molecule has 0 bridgehead atoms. The number of hydrogen-bond donors (Lipinski definition) is 0. The Morgan fingerprint density at radius 1 is 1.50 bits per heavy atom. The molecule has 0 fully saturated rings. The van der Waals surface area contributed by atoms with Crippen molar-refractivity contribution in [3.8, 4) is 5.75 Å². The predicted molar refractivity (Wildman–Crippen MR) is 58.9 cm³/mol. The Morgan fingerprint density at radius 3 is 2.69 bits per heavy atom. The van der Waals surface area contributed by atoms with E-state index in [2.05, 4.69) is 0 Å². The van der Waals surface area contributed by atoms with Gasteiger partial charge in [-0.25, -0.2) is 0 Å². The quantitative estimate of drug-likeness (QED) is 0.437. The van der Waals surface area contributed by atoms with Gasteiger partial charge in [-0.15, -0.1) is 0 Å². The molecule has 16 heavy (non-hydrogen) atoms. The van der Waals surface area contributed by atoms with Crippen LogP contribution in [0, 0.1) is 10.1 Å². The topological polar surface area (TPSA) is 69.4 Å². The summed E-state index contributed by atoms with van der Waals surface area (Å²) in [6.07, 6.45) is 1.11. The number of nitrogens with zero attached hydrogens (tertiary/aromatic N) is 1. The van der Waals surface area contributed by atoms with Crippen LogP contribution in [0.15, 0.2) is 18.2 Å². The smallest absolute Gasteiger partial charge is 0.311 e. The van der Waals surface area contributed by atoms with Crippen molar-refractivity contribution in [2.75, 3.05) is 7.11 Å². The molecule has 0 spiro atoms. The van der Waals surface area contributed by atoms with Crippen LogP contribution in [0.25, 0.3) is 0 Å². The second kappa shape index (κ2) is 5.25. The van der Waals surface area contributed by atoms with Crippen molar-refractivity contribution in [2.45, 2.75) is 19.8 Å². The van der Waals surface area contributed by atoms with Gasteiger partial charge in [0.2, 0.25) is 0 Å². The monoisotopic (exact) mass is 223 g/mol. The fraction of sp³-hybridized carbons (Fsp3) is 0.364. The minimum Gasteiger partial charge on any atom is -0.490 e. The van der Waals surface area contributed by atoms with Crippen molar-refractivity contribution < 1.29 is 14.5 Å². The second-order valence-corrected chi connectivity index (χ2v) is 3.32. The maximum absolute atomic E-state index is 11.6. The van der Waals surface area contributed by atoms with Gasteiger partial charge in [-0.05, 0) is 18.6 Å². The highest BCUT2D eigenvalue weighted by molar-refractivity contribution is 5.96. The van der Waals surface area contributed by atoms with Crippen LogP contribution in [0.5, 0.6) is 5.75 Å². The van der Waals surface area contributed by atoms with Crippen LogP contribution in [-0.2, 0) is 0 Å². The lowest BCUT2D eigenvalue weighted by atomic mass is 10.1. The van der Waals surface area contributed by atoms with Crippen molar-refractivity contribution in [1.82, 2.24) is 0 Å². The van der Waals surface area contributed by atoms with E-state index in [1.165, 1.54) is 19.2 Å². The summed E-state index contributed by atoms with van der Waals surface area (Å²) in [5.41, 5.74) is 0.179. The van der Waals surface area contributed by atoms with E-state index in [4.69, 9.17) is 4.74 Å². The van der Waals surface area contributed by atoms with E-state index in [-0.39, 0.29) is 17.2 Å². The fourth-order valence-electron chi connectivity index (χ4n) is 1.38. The summed E-state index contributed by atoms with van der Waals surface area (Å²) < 4.78 is 4.85. The summed E-state index contributed by atoms with van der Waals surface area (Å²) in [6, 6.07) is 4.25. The number of ketones is 1. The number of carbonyl (C=O) groups is 1. The molecule has 1 aromatic carbocycles. The van der Waals surface area contributed by atoms with E-state index >= 15 is 0 Å². The summed E-state index contributed by atoms with van der Waals surface area (Å²) in [6.45, 7) is 1.88. The number of nitro groups is 1. The molecule has 0 saturated heterocycles. The fourth-order valence-corrected chi connectivity index (χ4v) is 1.38. The molecule has 86 valence electrons. The third-order valence-electron chi connectivity index (χ3n) is 2.17. The van der Waals surface area contributed by atoms with Crippen LogP contribution in [-0.4, -0.2) is 17.8 Å². The van der Waals surface area contributed by atoms with Gasteiger partial charge in [0.25, 0.3) is 0 Å². The summed E-state index contributed by atoms with van der Waals surface area (Å²) in [5.74, 6) is 0.0753. The van der Waals surface area contributed by atoms with Crippen LogP contribution in [0.1, 0.15) is 30.1 Å². The molecule has 0 aliphatic heterocycles. The average Bonchev–Trinajstić information content (AvgIpc) is 2.28. The van der Waals surface area contributed by atoms with Crippen molar-refractivity contribution in [1.29, 1.82) is 0 Å². The molecule has 1 aromatic rings. The molecule has 0 atom stereocenters. The minimum absolute atomic E-state index is 0.0896. The SMILES string of the molecule is CCCC(=O)c1ccc(OC)c([N+](=O)[O-])c1. The first kappa shape index (κ1) is 12.2. The van der Waals surface area contributed by atoms with Gasteiger partial charge in [0.05, 0.1) is 12.0 Å². The third-order valence-corrected chi connectivity index (χ3v) is 2.17. The third kappa shape index (κ3) is 2.56. The molecule has 0 aromatic heterocycles. The molecule has 5 heteroatoms. The van der Waals surface area contributed by atoms with Crippen LogP contribution in [0.3, 0.4) is 0 Å². The largest absolute Gasteiger partial charge is 0.490 e. The van der Waals surface area contributed by atoms with Gasteiger partial charge in [-0.2, -0.15) is 0 Å². The molecular weight excluding hydrogens is 210 g/mol. The van der Waals surface area contributed by atoms with E-state index in [0.717, 1.165) is 6.42 Å². The van der Waals surface area contributed by atoms with Crippen LogP contribution >= 0.6 is 0 Å². The second-order valence-electron chi connectivity index (χ2n) is 3.32. The maximum Gasteiger partial charge on any atom is 0.311 e. The van der Waals surface area contributed by atoms with Gasteiger partial charge in [0.15, 0.2) is 11.5 Å². The summed E-state index contributed by atoms with van der Waals surface area (Å²) in [5, 5.41) is 10.7. The predicted octanol–water partition coefficient (Wildman–Crippen LogP) is 2.59. The van der Waals surface area contributed by atoms with E-state index in [0.29, 0.717) is 12.0 Å². The van der Waals surface area contributed by atoms with E-state index in [1.54, 1.807) is 6.07 Å². The first-order chi connectivity index (χ1) is 7.60. The van der Waals surface area contributed by atoms with Crippen LogP contribution < -0.4 is 4.74 Å². The molecule has 1 rings (SSSR count). The van der Waals surface area contributed by atoms with Gasteiger partial charge in [0.1, 0.15) is 0 Å². The standard InChI is InChI=1S/C11H13NO4/c1-3-4-10(13)8-5-6-11(16-2)9(7-8)12(14)15/h5-7H,3-4H2,1-2H3. The Morgan fingerprint density at radius 2 is 2.19 bits per heavy atom. The normalized spacial score (nSPS) is 9.88. The van der Waals surface area contributed by atoms with Gasteiger partial charge in [0, 0.05) is 18.1 Å². The van der Waals surface area contributed by atoms with E-state index < -0.39 is 4.92 Å². The molecular formula is C11H13NO4. The summed E-state index contributed by atoms with van der Waals surface area (Å²) in [7, 11) is 1.36. The van der Waals surface area contributed by atoms with Gasteiger partial charge >= 0.3 is 5.69 Å². The Hall–Kier alpha value is -1.91. The van der Waals surface area contributed by atoms with Gasteiger partial charge < -0.3 is 4.74 Å². The van der Waals surface area contributed by atoms with Crippen LogP contribution in [0.4, 0.5) is 5.69 Å². The van der Waals surface area contributed by atoms with Crippen molar-refractivity contribution >= 4 is 11.5 Å². The highest BCUT2D eigenvalue weighted by Crippen LogP contribution is 2.27. The highest BCUT2D eigenvalue weighted by Gasteiger charge is 2.17. The maximum atomic E-state index is 11.6. The number of nitro benzene ring substituents is 1. The number of benzene rings is 1. The number of hydrogen-bond acceptors (Lipinski definition) is 4. The first-order valence-electron chi connectivity index (χ1n) is 4.95. The first-order valence-corrected chi connectivity index (χ1v) is 4.95. The number of rotatable bonds is 5. The van der Waals surface area contributed by atoms with Crippen molar-refractivity contribution in [3.05, 3.63) is 33.9 Å². The zero-order valence-electron chi connectivity index (χ0n) is 9.23. The number of ether oxygens (including phenoxy) is 1. The summed E-state index contributed by atoms with van der Waals surface area (Å²) >= 11 is 0. The van der Waals surface area contributed by atoms with E-state index in [9.17, 15) is 14.9 Å². The lowest BCUT2D eigenvalue weighted by molar-refractivity contribution is -0.385. The summed E-state index contributed by atoms with van der Waals surface area (Å²) in [4.78, 5) is 21.7. The highest BCUT2D eigenvalue weighted by atomic mass is 16.6. The molecule has 0 saturated carbocycles. The lowest BCUT2D eigenvalue weighted by Gasteiger charge is -2.03. The molecule has 0 unspecified atom stereocenters. The number of Topliss-reactive ketones (excluding diaryl/α,β-unsaturated/α-hetero) is 1. The number of methoxy groups -OCH3 is 1. The lowest BCUT2D eigenvalue weighted by Crippen LogP contribution is -2.01. The van der Waals surface area contributed by atoms with Gasteiger partial charge in [-0.3, -0.25) is 14.9 Å². The average molecular weight is 223 g/mol. The van der Waals surface area contributed by atoms with E-state index in [1.807, 2.05) is 6.92 Å². The Balaban J connectivity index is 3.11. The zero-order chi connectivity index (χ0) is 12.1. The number of carbonyl (C=O) groups excluding carboxylic acids is 1. The molecule has 5 nitrogen and oxygen atoms in total.